The standard InChI is InChI=1S/C9H16Br2/c1-7-5-8(7)3-2-4-9(11)6-10/h7-9H,2-6H2,1H3/t7-,8-,9?/m1/s1. The van der Waals surface area contributed by atoms with E-state index in [0.29, 0.717) is 4.83 Å². The Morgan fingerprint density at radius 3 is 2.64 bits per heavy atom. The maximum absolute atomic E-state index is 3.62. The Bertz CT molecular complexity index is 110. The van der Waals surface area contributed by atoms with Crippen LogP contribution in [0.4, 0.5) is 0 Å². The van der Waals surface area contributed by atoms with Gasteiger partial charge in [0.25, 0.3) is 0 Å². The minimum Gasteiger partial charge on any atom is -0.0916 e. The zero-order valence-corrected chi connectivity index (χ0v) is 10.2. The highest BCUT2D eigenvalue weighted by Gasteiger charge is 2.31. The van der Waals surface area contributed by atoms with Crippen LogP contribution in [0.15, 0.2) is 0 Å². The summed E-state index contributed by atoms with van der Waals surface area (Å²) in [6.45, 7) is 2.36. The van der Waals surface area contributed by atoms with Gasteiger partial charge in [-0.25, -0.2) is 0 Å². The van der Waals surface area contributed by atoms with Crippen molar-refractivity contribution in [2.75, 3.05) is 5.33 Å². The molecule has 0 aromatic carbocycles. The van der Waals surface area contributed by atoms with Crippen LogP contribution in [0.2, 0.25) is 0 Å². The average Bonchev–Trinajstić information content (AvgIpc) is 2.66. The van der Waals surface area contributed by atoms with Gasteiger partial charge in [-0.1, -0.05) is 51.6 Å². The second-order valence-corrected chi connectivity index (χ2v) is 5.60. The summed E-state index contributed by atoms with van der Waals surface area (Å²) in [6, 6.07) is 0. The number of alkyl halides is 2. The van der Waals surface area contributed by atoms with Crippen LogP contribution in [0.25, 0.3) is 0 Å². The molecule has 0 saturated heterocycles. The molecule has 0 aromatic heterocycles. The summed E-state index contributed by atoms with van der Waals surface area (Å²) >= 11 is 7.08. The lowest BCUT2D eigenvalue weighted by Gasteiger charge is -2.03. The zero-order valence-electron chi connectivity index (χ0n) is 7.02. The summed E-state index contributed by atoms with van der Waals surface area (Å²) < 4.78 is 0. The fourth-order valence-electron chi connectivity index (χ4n) is 1.48. The van der Waals surface area contributed by atoms with Crippen LogP contribution in [0.1, 0.15) is 32.6 Å². The van der Waals surface area contributed by atoms with Crippen molar-refractivity contribution >= 4 is 31.9 Å². The van der Waals surface area contributed by atoms with Crippen LogP contribution >= 0.6 is 31.9 Å². The van der Waals surface area contributed by atoms with Crippen LogP contribution in [0, 0.1) is 11.8 Å². The molecule has 0 spiro atoms. The van der Waals surface area contributed by atoms with Gasteiger partial charge in [0.05, 0.1) is 0 Å². The minimum absolute atomic E-state index is 0.691. The van der Waals surface area contributed by atoms with E-state index >= 15 is 0 Å². The van der Waals surface area contributed by atoms with E-state index in [1.165, 1.54) is 25.7 Å². The fraction of sp³-hybridized carbons (Fsp3) is 1.00. The summed E-state index contributed by atoms with van der Waals surface area (Å²) in [5, 5.41) is 1.09. The molecule has 1 aliphatic carbocycles. The number of halogens is 2. The molecule has 1 unspecified atom stereocenters. The second-order valence-electron chi connectivity index (χ2n) is 3.66. The first-order valence-electron chi connectivity index (χ1n) is 4.44. The monoisotopic (exact) mass is 282 g/mol. The minimum atomic E-state index is 0.691. The van der Waals surface area contributed by atoms with Gasteiger partial charge in [-0.15, -0.1) is 0 Å². The van der Waals surface area contributed by atoms with Gasteiger partial charge < -0.3 is 0 Å². The molecular weight excluding hydrogens is 268 g/mol. The molecule has 0 radical (unpaired) electrons. The van der Waals surface area contributed by atoms with Crippen LogP contribution in [-0.4, -0.2) is 10.2 Å². The van der Waals surface area contributed by atoms with E-state index in [-0.39, 0.29) is 0 Å². The number of hydrogen-bond donors (Lipinski definition) is 0. The SMILES string of the molecule is C[C@@H]1C[C@H]1CCCC(Br)CBr. The third kappa shape index (κ3) is 3.93. The van der Waals surface area contributed by atoms with Crippen LogP contribution in [0.3, 0.4) is 0 Å². The molecule has 0 amide bonds. The quantitative estimate of drug-likeness (QED) is 0.670. The van der Waals surface area contributed by atoms with Gasteiger partial charge in [0.1, 0.15) is 0 Å². The average molecular weight is 284 g/mol. The molecule has 0 nitrogen and oxygen atoms in total. The normalized spacial score (nSPS) is 31.9. The van der Waals surface area contributed by atoms with Crippen LogP contribution < -0.4 is 0 Å². The molecule has 66 valence electrons. The number of rotatable bonds is 5. The summed E-state index contributed by atoms with van der Waals surface area (Å²) in [5.74, 6) is 2.11. The van der Waals surface area contributed by atoms with E-state index in [1.807, 2.05) is 0 Å². The van der Waals surface area contributed by atoms with E-state index in [2.05, 4.69) is 38.8 Å². The molecule has 0 heterocycles. The van der Waals surface area contributed by atoms with E-state index in [0.717, 1.165) is 17.2 Å². The summed E-state index contributed by atoms with van der Waals surface area (Å²) in [6.07, 6.45) is 5.67. The van der Waals surface area contributed by atoms with Crippen molar-refractivity contribution < 1.29 is 0 Å². The smallest absolute Gasteiger partial charge is 0.0242 e. The van der Waals surface area contributed by atoms with Crippen molar-refractivity contribution in [3.8, 4) is 0 Å². The Hall–Kier alpha value is 0.960. The fourth-order valence-corrected chi connectivity index (χ4v) is 2.13. The zero-order chi connectivity index (χ0) is 8.27. The van der Waals surface area contributed by atoms with Gasteiger partial charge in [0.15, 0.2) is 0 Å². The first-order valence-corrected chi connectivity index (χ1v) is 6.47. The van der Waals surface area contributed by atoms with Crippen LogP contribution in [-0.2, 0) is 0 Å². The molecule has 3 atom stereocenters. The molecule has 11 heavy (non-hydrogen) atoms. The van der Waals surface area contributed by atoms with Gasteiger partial charge in [-0.05, 0) is 24.7 Å². The van der Waals surface area contributed by atoms with Gasteiger partial charge in [0, 0.05) is 10.2 Å². The Morgan fingerprint density at radius 1 is 1.55 bits per heavy atom. The molecule has 1 rings (SSSR count). The Kier molecular flexibility index (Phi) is 4.44. The molecular formula is C9H16Br2. The molecule has 0 aromatic rings. The van der Waals surface area contributed by atoms with E-state index in [1.54, 1.807) is 0 Å². The third-order valence-electron chi connectivity index (χ3n) is 2.54. The van der Waals surface area contributed by atoms with Crippen molar-refractivity contribution in [3.05, 3.63) is 0 Å². The lowest BCUT2D eigenvalue weighted by atomic mass is 10.1. The Balaban J connectivity index is 1.88. The number of hydrogen-bond acceptors (Lipinski definition) is 0. The summed E-state index contributed by atoms with van der Waals surface area (Å²) in [7, 11) is 0. The van der Waals surface area contributed by atoms with Crippen molar-refractivity contribution in [1.82, 2.24) is 0 Å². The summed E-state index contributed by atoms with van der Waals surface area (Å²) in [5.41, 5.74) is 0. The van der Waals surface area contributed by atoms with Crippen LogP contribution in [0.5, 0.6) is 0 Å². The largest absolute Gasteiger partial charge is 0.0916 e. The molecule has 0 bridgehead atoms. The van der Waals surface area contributed by atoms with Gasteiger partial charge >= 0.3 is 0 Å². The molecule has 1 aliphatic rings. The van der Waals surface area contributed by atoms with Crippen molar-refractivity contribution in [2.45, 2.75) is 37.4 Å². The predicted octanol–water partition coefficient (Wildman–Crippen LogP) is 3.97. The maximum atomic E-state index is 3.62. The summed E-state index contributed by atoms with van der Waals surface area (Å²) in [4.78, 5) is 0.691. The first kappa shape index (κ1) is 10.0. The van der Waals surface area contributed by atoms with Gasteiger partial charge in [-0.2, -0.15) is 0 Å². The molecule has 0 aliphatic heterocycles. The molecule has 0 N–H and O–H groups in total. The lowest BCUT2D eigenvalue weighted by Crippen LogP contribution is -1.98. The maximum Gasteiger partial charge on any atom is 0.0242 e. The Labute approximate surface area is 86.4 Å². The van der Waals surface area contributed by atoms with E-state index in [9.17, 15) is 0 Å². The molecule has 1 fully saturated rings. The highest BCUT2D eigenvalue weighted by atomic mass is 79.9. The lowest BCUT2D eigenvalue weighted by molar-refractivity contribution is 0.604. The van der Waals surface area contributed by atoms with E-state index in [4.69, 9.17) is 0 Å². The van der Waals surface area contributed by atoms with Gasteiger partial charge in [-0.3, -0.25) is 0 Å². The third-order valence-corrected chi connectivity index (χ3v) is 4.97. The predicted molar refractivity (Wildman–Crippen MR) is 57.6 cm³/mol. The second kappa shape index (κ2) is 4.86. The highest BCUT2D eigenvalue weighted by Crippen LogP contribution is 2.41. The van der Waals surface area contributed by atoms with E-state index < -0.39 is 0 Å². The highest BCUT2D eigenvalue weighted by molar-refractivity contribution is 9.12. The first-order chi connectivity index (χ1) is 5.24. The van der Waals surface area contributed by atoms with Crippen molar-refractivity contribution in [1.29, 1.82) is 0 Å². The topological polar surface area (TPSA) is 0 Å². The molecule has 1 saturated carbocycles. The van der Waals surface area contributed by atoms with Crippen molar-refractivity contribution in [3.63, 3.8) is 0 Å². The van der Waals surface area contributed by atoms with Crippen molar-refractivity contribution in [2.24, 2.45) is 11.8 Å². The Morgan fingerprint density at radius 2 is 2.18 bits per heavy atom. The van der Waals surface area contributed by atoms with Gasteiger partial charge in [0.2, 0.25) is 0 Å². The molecule has 2 heteroatoms.